The second-order valence-corrected chi connectivity index (χ2v) is 13.3. The molecule has 1 atom stereocenters. The number of hydrogen-bond acceptors (Lipinski definition) is 11. The van der Waals surface area contributed by atoms with Gasteiger partial charge in [-0.15, -0.1) is 10.2 Å². The molecular formula is C37H28FN3O7S2. The number of halogens is 1. The lowest BCUT2D eigenvalue weighted by Crippen LogP contribution is -2.31. The molecule has 0 aliphatic carbocycles. The Morgan fingerprint density at radius 1 is 0.920 bits per heavy atom. The number of methoxy groups -OCH3 is 2. The molecule has 10 nitrogen and oxygen atoms in total. The molecule has 1 amide bonds. The van der Waals surface area contributed by atoms with Gasteiger partial charge >= 0.3 is 0 Å². The van der Waals surface area contributed by atoms with E-state index in [1.54, 1.807) is 54.6 Å². The third-order valence-corrected chi connectivity index (χ3v) is 10.1. The Labute approximate surface area is 293 Å². The number of furan rings is 1. The zero-order valence-corrected chi connectivity index (χ0v) is 28.3. The SMILES string of the molecule is COc1cc(C2C(C(=O)c3cc4cccc(OC)c4o3)=C(O)C(=O)N2c2nnc(SCc3ccc(F)cc3)s2)ccc1OCc1ccccc1. The summed E-state index contributed by atoms with van der Waals surface area (Å²) in [5.74, 6) is -0.987. The number of thioether (sulfide) groups is 1. The molecule has 0 fully saturated rings. The van der Waals surface area contributed by atoms with E-state index in [-0.39, 0.29) is 28.9 Å². The van der Waals surface area contributed by atoms with Gasteiger partial charge in [-0.25, -0.2) is 4.39 Å². The van der Waals surface area contributed by atoms with Crippen LogP contribution in [-0.4, -0.2) is 41.2 Å². The van der Waals surface area contributed by atoms with Crippen molar-refractivity contribution < 1.29 is 37.7 Å². The fourth-order valence-corrected chi connectivity index (χ4v) is 7.41. The molecule has 2 aromatic heterocycles. The van der Waals surface area contributed by atoms with E-state index in [9.17, 15) is 19.1 Å². The maximum Gasteiger partial charge on any atom is 0.296 e. The van der Waals surface area contributed by atoms with Crippen molar-refractivity contribution in [3.63, 3.8) is 0 Å². The summed E-state index contributed by atoms with van der Waals surface area (Å²) in [5, 5.41) is 20.7. The topological polar surface area (TPSA) is 124 Å². The van der Waals surface area contributed by atoms with E-state index in [1.165, 1.54) is 43.0 Å². The number of hydrogen-bond donors (Lipinski definition) is 1. The number of carbonyl (C=O) groups excluding carboxylic acids is 2. The van der Waals surface area contributed by atoms with Crippen LogP contribution in [0.25, 0.3) is 11.0 Å². The van der Waals surface area contributed by atoms with Gasteiger partial charge in [-0.1, -0.05) is 83.8 Å². The third-order valence-electron chi connectivity index (χ3n) is 8.02. The predicted molar refractivity (Wildman–Crippen MR) is 187 cm³/mol. The normalized spacial score (nSPS) is 14.4. The Hall–Kier alpha value is -5.66. The van der Waals surface area contributed by atoms with E-state index in [0.29, 0.717) is 43.9 Å². The van der Waals surface area contributed by atoms with Crippen molar-refractivity contribution in [3.8, 4) is 17.2 Å². The van der Waals surface area contributed by atoms with Crippen molar-refractivity contribution in [1.82, 2.24) is 10.2 Å². The summed E-state index contributed by atoms with van der Waals surface area (Å²) in [6.07, 6.45) is 0. The quantitative estimate of drug-likeness (QED) is 0.0757. The fourth-order valence-electron chi connectivity index (χ4n) is 5.58. The third kappa shape index (κ3) is 6.40. The molecule has 0 saturated carbocycles. The Bertz CT molecular complexity index is 2240. The summed E-state index contributed by atoms with van der Waals surface area (Å²) >= 11 is 2.48. The van der Waals surface area contributed by atoms with Crippen molar-refractivity contribution in [2.45, 2.75) is 22.7 Å². The summed E-state index contributed by atoms with van der Waals surface area (Å²) in [6, 6.07) is 26.4. The smallest absolute Gasteiger partial charge is 0.296 e. The van der Waals surface area contributed by atoms with Gasteiger partial charge in [-0.2, -0.15) is 0 Å². The number of aliphatic hydroxyl groups is 1. The molecule has 0 radical (unpaired) electrons. The van der Waals surface area contributed by atoms with Gasteiger partial charge < -0.3 is 23.7 Å². The van der Waals surface area contributed by atoms with Gasteiger partial charge in [0.15, 0.2) is 38.7 Å². The average molecular weight is 710 g/mol. The minimum Gasteiger partial charge on any atom is -0.503 e. The number of nitrogens with zero attached hydrogens (tertiary/aromatic N) is 3. The number of ketones is 1. The molecule has 50 heavy (non-hydrogen) atoms. The van der Waals surface area contributed by atoms with Gasteiger partial charge in [-0.3, -0.25) is 14.5 Å². The number of ether oxygens (including phenoxy) is 3. The number of Topliss-reactive ketones (excluding diaryl/α,β-unsaturated/α-hetero) is 1. The lowest BCUT2D eigenvalue weighted by atomic mass is 9.95. The van der Waals surface area contributed by atoms with Crippen LogP contribution in [0.4, 0.5) is 9.52 Å². The van der Waals surface area contributed by atoms with Crippen LogP contribution in [0.1, 0.15) is 33.3 Å². The Balaban J connectivity index is 1.26. The summed E-state index contributed by atoms with van der Waals surface area (Å²) < 4.78 is 37.0. The molecule has 1 N–H and O–H groups in total. The van der Waals surface area contributed by atoms with E-state index < -0.39 is 23.5 Å². The molecule has 252 valence electrons. The largest absolute Gasteiger partial charge is 0.503 e. The van der Waals surface area contributed by atoms with Crippen molar-refractivity contribution >= 4 is 50.9 Å². The lowest BCUT2D eigenvalue weighted by Gasteiger charge is -2.24. The number of amides is 1. The van der Waals surface area contributed by atoms with Crippen LogP contribution in [0, 0.1) is 5.82 Å². The molecule has 7 rings (SSSR count). The number of para-hydroxylation sites is 1. The van der Waals surface area contributed by atoms with E-state index in [0.717, 1.165) is 22.5 Å². The highest BCUT2D eigenvalue weighted by Gasteiger charge is 2.47. The molecule has 0 saturated heterocycles. The van der Waals surface area contributed by atoms with E-state index in [4.69, 9.17) is 18.6 Å². The number of fused-ring (bicyclic) bond motifs is 1. The molecular weight excluding hydrogens is 682 g/mol. The van der Waals surface area contributed by atoms with Crippen molar-refractivity contribution in [2.24, 2.45) is 0 Å². The molecule has 4 aromatic carbocycles. The number of benzene rings is 4. The van der Waals surface area contributed by atoms with Crippen LogP contribution in [0.3, 0.4) is 0 Å². The van der Waals surface area contributed by atoms with Gasteiger partial charge in [0.1, 0.15) is 12.4 Å². The molecule has 0 bridgehead atoms. The van der Waals surface area contributed by atoms with Crippen LogP contribution in [-0.2, 0) is 17.2 Å². The maximum atomic E-state index is 14.3. The fraction of sp³-hybridized carbons (Fsp3) is 0.135. The monoisotopic (exact) mass is 709 g/mol. The van der Waals surface area contributed by atoms with E-state index in [1.807, 2.05) is 30.3 Å². The van der Waals surface area contributed by atoms with Crippen molar-refractivity contribution in [3.05, 3.63) is 137 Å². The lowest BCUT2D eigenvalue weighted by molar-refractivity contribution is -0.117. The minimum absolute atomic E-state index is 0.0896. The molecule has 1 aliphatic heterocycles. The minimum atomic E-state index is -1.13. The summed E-state index contributed by atoms with van der Waals surface area (Å²) in [7, 11) is 2.98. The number of aromatic nitrogens is 2. The van der Waals surface area contributed by atoms with E-state index in [2.05, 4.69) is 10.2 Å². The first kappa shape index (κ1) is 32.9. The van der Waals surface area contributed by atoms with Gasteiger partial charge in [0.05, 0.1) is 25.8 Å². The first-order valence-corrected chi connectivity index (χ1v) is 17.1. The number of aliphatic hydroxyl groups excluding tert-OH is 1. The highest BCUT2D eigenvalue weighted by atomic mass is 32.2. The second kappa shape index (κ2) is 14.1. The predicted octanol–water partition coefficient (Wildman–Crippen LogP) is 8.09. The first-order valence-electron chi connectivity index (χ1n) is 15.3. The van der Waals surface area contributed by atoms with Crippen molar-refractivity contribution in [1.29, 1.82) is 0 Å². The maximum absolute atomic E-state index is 14.3. The Kier molecular flexibility index (Phi) is 9.24. The highest BCUT2D eigenvalue weighted by molar-refractivity contribution is 8.00. The summed E-state index contributed by atoms with van der Waals surface area (Å²) in [5.41, 5.74) is 2.42. The van der Waals surface area contributed by atoms with Crippen LogP contribution in [0.5, 0.6) is 17.2 Å². The average Bonchev–Trinajstić information content (AvgIpc) is 3.87. The van der Waals surface area contributed by atoms with Gasteiger partial charge in [0.2, 0.25) is 10.9 Å². The van der Waals surface area contributed by atoms with Gasteiger partial charge in [0.25, 0.3) is 5.91 Å². The Morgan fingerprint density at radius 2 is 1.70 bits per heavy atom. The second-order valence-electron chi connectivity index (χ2n) is 11.1. The number of carbonyl (C=O) groups is 2. The van der Waals surface area contributed by atoms with Crippen LogP contribution in [0.15, 0.2) is 117 Å². The van der Waals surface area contributed by atoms with Gasteiger partial charge in [0, 0.05) is 11.1 Å². The zero-order chi connectivity index (χ0) is 34.8. The van der Waals surface area contributed by atoms with Crippen molar-refractivity contribution in [2.75, 3.05) is 19.1 Å². The zero-order valence-electron chi connectivity index (χ0n) is 26.7. The van der Waals surface area contributed by atoms with Crippen LogP contribution in [0.2, 0.25) is 0 Å². The molecule has 3 heterocycles. The first-order chi connectivity index (χ1) is 24.3. The standard InChI is InChI=1S/C37H28FN3O7S2/c1-45-27-10-6-9-24-18-29(48-34(24)27)32(42)30-31(23-13-16-26(28(17-23)46-2)47-19-21-7-4-3-5-8-21)41(35(44)33(30)43)36-39-40-37(50-36)49-20-22-11-14-25(38)15-12-22/h3-18,31,43H,19-20H2,1-2H3. The number of anilines is 1. The molecule has 1 aliphatic rings. The van der Waals surface area contributed by atoms with E-state index >= 15 is 0 Å². The number of rotatable bonds is 12. The summed E-state index contributed by atoms with van der Waals surface area (Å²) in [4.78, 5) is 29.4. The molecule has 13 heteroatoms. The molecule has 6 aromatic rings. The molecule has 0 spiro atoms. The summed E-state index contributed by atoms with van der Waals surface area (Å²) in [6.45, 7) is 0.285. The highest BCUT2D eigenvalue weighted by Crippen LogP contribution is 2.46. The van der Waals surface area contributed by atoms with Gasteiger partial charge in [-0.05, 0) is 53.1 Å². The molecule has 1 unspecified atom stereocenters. The Morgan fingerprint density at radius 3 is 2.46 bits per heavy atom. The van der Waals surface area contributed by atoms with Crippen LogP contribution >= 0.6 is 23.1 Å². The van der Waals surface area contributed by atoms with Crippen LogP contribution < -0.4 is 19.1 Å².